The SMILES string of the molecule is CN(C(=O)OCC1c2ccccc2-c2ccccc21)[C@@H](CCCO)Cc1ccccc1. The zero-order valence-corrected chi connectivity index (χ0v) is 17.9. The largest absolute Gasteiger partial charge is 0.448 e. The first kappa shape index (κ1) is 21.1. The molecule has 0 saturated heterocycles. The molecule has 0 radical (unpaired) electrons. The van der Waals surface area contributed by atoms with Gasteiger partial charge in [-0.3, -0.25) is 0 Å². The van der Waals surface area contributed by atoms with E-state index in [0.717, 1.165) is 12.8 Å². The molecule has 0 bridgehead atoms. The molecule has 0 unspecified atom stereocenters. The van der Waals surface area contributed by atoms with E-state index in [1.807, 2.05) is 42.5 Å². The van der Waals surface area contributed by atoms with Gasteiger partial charge in [-0.25, -0.2) is 4.79 Å². The average molecular weight is 416 g/mol. The first-order chi connectivity index (χ1) is 15.2. The maximum Gasteiger partial charge on any atom is 0.409 e. The third-order valence-electron chi connectivity index (χ3n) is 6.18. The van der Waals surface area contributed by atoms with E-state index in [-0.39, 0.29) is 24.7 Å². The van der Waals surface area contributed by atoms with E-state index < -0.39 is 0 Å². The molecule has 0 saturated carbocycles. The van der Waals surface area contributed by atoms with Gasteiger partial charge in [-0.15, -0.1) is 0 Å². The Morgan fingerprint density at radius 3 is 2.13 bits per heavy atom. The van der Waals surface area contributed by atoms with Crippen molar-refractivity contribution in [3.63, 3.8) is 0 Å². The van der Waals surface area contributed by atoms with Crippen LogP contribution in [0.4, 0.5) is 4.79 Å². The molecule has 4 heteroatoms. The van der Waals surface area contributed by atoms with Crippen molar-refractivity contribution in [1.29, 1.82) is 0 Å². The van der Waals surface area contributed by atoms with Gasteiger partial charge in [0.05, 0.1) is 0 Å². The minimum Gasteiger partial charge on any atom is -0.448 e. The van der Waals surface area contributed by atoms with Crippen LogP contribution in [0, 0.1) is 0 Å². The second-order valence-electron chi connectivity index (χ2n) is 8.12. The highest BCUT2D eigenvalue weighted by molar-refractivity contribution is 5.79. The van der Waals surface area contributed by atoms with E-state index in [4.69, 9.17) is 4.74 Å². The quantitative estimate of drug-likeness (QED) is 0.547. The number of carbonyl (C=O) groups excluding carboxylic acids is 1. The maximum absolute atomic E-state index is 13.0. The first-order valence-corrected chi connectivity index (χ1v) is 10.9. The summed E-state index contributed by atoms with van der Waals surface area (Å²) in [7, 11) is 1.80. The van der Waals surface area contributed by atoms with Crippen molar-refractivity contribution >= 4 is 6.09 Å². The van der Waals surface area contributed by atoms with Gasteiger partial charge in [0.1, 0.15) is 6.61 Å². The summed E-state index contributed by atoms with van der Waals surface area (Å²) in [4.78, 5) is 14.6. The summed E-state index contributed by atoms with van der Waals surface area (Å²) < 4.78 is 5.82. The number of aliphatic hydroxyl groups is 1. The van der Waals surface area contributed by atoms with Crippen molar-refractivity contribution in [2.75, 3.05) is 20.3 Å². The number of carbonyl (C=O) groups is 1. The van der Waals surface area contributed by atoms with Gasteiger partial charge >= 0.3 is 6.09 Å². The standard InChI is InChI=1S/C27H29NO3/c1-28(21(12-9-17-29)18-20-10-3-2-4-11-20)27(30)31-19-26-24-15-7-5-13-22(24)23-14-6-8-16-25(23)26/h2-8,10-11,13-16,21,26,29H,9,12,17-19H2,1H3/t21-/m0/s1. The number of ether oxygens (including phenoxy) is 1. The summed E-state index contributed by atoms with van der Waals surface area (Å²) in [6, 6.07) is 26.8. The van der Waals surface area contributed by atoms with E-state index in [9.17, 15) is 9.90 Å². The Morgan fingerprint density at radius 2 is 1.52 bits per heavy atom. The zero-order chi connectivity index (χ0) is 21.6. The average Bonchev–Trinajstić information content (AvgIpc) is 3.14. The van der Waals surface area contributed by atoms with E-state index >= 15 is 0 Å². The molecule has 3 aromatic rings. The Kier molecular flexibility index (Phi) is 6.68. The minimum absolute atomic E-state index is 0.0230. The lowest BCUT2D eigenvalue weighted by Crippen LogP contribution is -2.39. The monoisotopic (exact) mass is 415 g/mol. The molecule has 160 valence electrons. The van der Waals surface area contributed by atoms with Gasteiger partial charge in [-0.05, 0) is 47.1 Å². The van der Waals surface area contributed by atoms with E-state index in [2.05, 4.69) is 36.4 Å². The third-order valence-corrected chi connectivity index (χ3v) is 6.18. The Labute approximate surface area is 184 Å². The van der Waals surface area contributed by atoms with Crippen LogP contribution in [-0.2, 0) is 11.2 Å². The molecule has 0 aromatic heterocycles. The molecule has 1 aliphatic rings. The van der Waals surface area contributed by atoms with Crippen LogP contribution in [0.25, 0.3) is 11.1 Å². The van der Waals surface area contributed by atoms with Crippen LogP contribution in [0.3, 0.4) is 0 Å². The molecule has 0 fully saturated rings. The number of fused-ring (bicyclic) bond motifs is 3. The number of aliphatic hydroxyl groups excluding tert-OH is 1. The Bertz CT molecular complexity index is 972. The van der Waals surface area contributed by atoms with Crippen molar-refractivity contribution < 1.29 is 14.6 Å². The fourth-order valence-electron chi connectivity index (χ4n) is 4.49. The molecule has 1 atom stereocenters. The summed E-state index contributed by atoms with van der Waals surface area (Å²) in [5, 5.41) is 9.30. The van der Waals surface area contributed by atoms with Crippen molar-refractivity contribution in [2.45, 2.75) is 31.2 Å². The van der Waals surface area contributed by atoms with Crippen molar-refractivity contribution in [3.8, 4) is 11.1 Å². The van der Waals surface area contributed by atoms with Gasteiger partial charge in [-0.2, -0.15) is 0 Å². The van der Waals surface area contributed by atoms with Gasteiger partial charge in [0.2, 0.25) is 0 Å². The predicted octanol–water partition coefficient (Wildman–Crippen LogP) is 5.25. The molecule has 1 N–H and O–H groups in total. The summed E-state index contributed by atoms with van der Waals surface area (Å²) in [6.07, 6.45) is 1.80. The molecule has 1 amide bonds. The summed E-state index contributed by atoms with van der Waals surface area (Å²) >= 11 is 0. The highest BCUT2D eigenvalue weighted by Gasteiger charge is 2.30. The Balaban J connectivity index is 1.46. The van der Waals surface area contributed by atoms with Crippen LogP contribution >= 0.6 is 0 Å². The fourth-order valence-corrected chi connectivity index (χ4v) is 4.49. The number of likely N-dealkylation sites (N-methyl/N-ethyl adjacent to an activating group) is 1. The van der Waals surface area contributed by atoms with Gasteiger partial charge in [-0.1, -0.05) is 78.9 Å². The second-order valence-corrected chi connectivity index (χ2v) is 8.12. The molecular formula is C27H29NO3. The lowest BCUT2D eigenvalue weighted by Gasteiger charge is -2.28. The van der Waals surface area contributed by atoms with Crippen molar-refractivity contribution in [3.05, 3.63) is 95.6 Å². The van der Waals surface area contributed by atoms with Crippen molar-refractivity contribution in [1.82, 2.24) is 4.90 Å². The normalized spacial score (nSPS) is 13.4. The third kappa shape index (κ3) is 4.64. The van der Waals surface area contributed by atoms with Crippen LogP contribution in [0.2, 0.25) is 0 Å². The lowest BCUT2D eigenvalue weighted by molar-refractivity contribution is 0.0910. The molecule has 1 aliphatic carbocycles. The smallest absolute Gasteiger partial charge is 0.409 e. The Morgan fingerprint density at radius 1 is 0.935 bits per heavy atom. The highest BCUT2D eigenvalue weighted by Crippen LogP contribution is 2.44. The molecule has 0 heterocycles. The molecule has 3 aromatic carbocycles. The van der Waals surface area contributed by atoms with Crippen LogP contribution in [0.5, 0.6) is 0 Å². The zero-order valence-electron chi connectivity index (χ0n) is 17.9. The van der Waals surface area contributed by atoms with Crippen molar-refractivity contribution in [2.24, 2.45) is 0 Å². The van der Waals surface area contributed by atoms with Crippen LogP contribution < -0.4 is 0 Å². The van der Waals surface area contributed by atoms with Gasteiger partial charge < -0.3 is 14.7 Å². The second kappa shape index (κ2) is 9.80. The number of hydrogen-bond donors (Lipinski definition) is 1. The minimum atomic E-state index is -0.319. The number of amides is 1. The maximum atomic E-state index is 13.0. The van der Waals surface area contributed by atoms with E-state index in [1.165, 1.54) is 27.8 Å². The fraction of sp³-hybridized carbons (Fsp3) is 0.296. The van der Waals surface area contributed by atoms with Crippen LogP contribution in [0.1, 0.15) is 35.4 Å². The summed E-state index contributed by atoms with van der Waals surface area (Å²) in [5.74, 6) is 0.0507. The van der Waals surface area contributed by atoms with Gasteiger partial charge in [0.25, 0.3) is 0 Å². The number of rotatable bonds is 8. The molecule has 4 rings (SSSR count). The van der Waals surface area contributed by atoms with E-state index in [1.54, 1.807) is 11.9 Å². The van der Waals surface area contributed by atoms with Crippen LogP contribution in [0.15, 0.2) is 78.9 Å². The molecular weight excluding hydrogens is 386 g/mol. The first-order valence-electron chi connectivity index (χ1n) is 10.9. The molecule has 0 spiro atoms. The molecule has 0 aliphatic heterocycles. The number of hydrogen-bond acceptors (Lipinski definition) is 3. The van der Waals surface area contributed by atoms with Gasteiger partial charge in [0, 0.05) is 25.6 Å². The number of nitrogens with zero attached hydrogens (tertiary/aromatic N) is 1. The van der Waals surface area contributed by atoms with Gasteiger partial charge in [0.15, 0.2) is 0 Å². The lowest BCUT2D eigenvalue weighted by atomic mass is 9.98. The number of benzene rings is 3. The summed E-state index contributed by atoms with van der Waals surface area (Å²) in [6.45, 7) is 0.430. The molecule has 31 heavy (non-hydrogen) atoms. The topological polar surface area (TPSA) is 49.8 Å². The van der Waals surface area contributed by atoms with Crippen LogP contribution in [-0.4, -0.2) is 42.4 Å². The summed E-state index contributed by atoms with van der Waals surface area (Å²) in [5.41, 5.74) is 6.03. The highest BCUT2D eigenvalue weighted by atomic mass is 16.6. The predicted molar refractivity (Wildman–Crippen MR) is 123 cm³/mol. The Hall–Kier alpha value is -3.11. The van der Waals surface area contributed by atoms with E-state index in [0.29, 0.717) is 13.0 Å². The molecule has 4 nitrogen and oxygen atoms in total.